The molecule has 2 aromatic heterocycles. The number of rotatable bonds is 9. The van der Waals surface area contributed by atoms with E-state index in [-0.39, 0.29) is 10.8 Å². The normalized spacial score (nSPS) is 20.0. The van der Waals surface area contributed by atoms with E-state index in [4.69, 9.17) is 0 Å². The van der Waals surface area contributed by atoms with Gasteiger partial charge < -0.3 is 16.1 Å². The van der Waals surface area contributed by atoms with E-state index < -0.39 is 24.0 Å². The monoisotopic (exact) mass is 601 g/mol. The number of benzene rings is 1. The smallest absolute Gasteiger partial charge is 0.262 e. The Hall–Kier alpha value is -4.55. The van der Waals surface area contributed by atoms with Gasteiger partial charge in [0.05, 0.1) is 34.1 Å². The number of hydrazine groups is 2. The van der Waals surface area contributed by atoms with E-state index in [2.05, 4.69) is 71.4 Å². The molecule has 0 bridgehead atoms. The lowest BCUT2D eigenvalue weighted by molar-refractivity contribution is 0.00911. The van der Waals surface area contributed by atoms with Crippen LogP contribution in [0.1, 0.15) is 69.0 Å². The van der Waals surface area contributed by atoms with Crippen LogP contribution in [0.15, 0.2) is 42.4 Å². The molecule has 3 heterocycles. The fourth-order valence-corrected chi connectivity index (χ4v) is 6.54. The lowest BCUT2D eigenvalue weighted by Crippen LogP contribution is -2.48. The van der Waals surface area contributed by atoms with E-state index in [1.807, 2.05) is 6.07 Å². The van der Waals surface area contributed by atoms with Crippen molar-refractivity contribution in [3.05, 3.63) is 70.7 Å². The van der Waals surface area contributed by atoms with Gasteiger partial charge in [0.1, 0.15) is 17.7 Å². The van der Waals surface area contributed by atoms with Gasteiger partial charge in [0.15, 0.2) is 0 Å². The molecule has 0 spiro atoms. The zero-order valence-corrected chi connectivity index (χ0v) is 25.2. The molecule has 1 aromatic carbocycles. The molecule has 12 heteroatoms. The van der Waals surface area contributed by atoms with Gasteiger partial charge in [0.25, 0.3) is 6.43 Å². The summed E-state index contributed by atoms with van der Waals surface area (Å²) in [5, 5.41) is 28.9. The summed E-state index contributed by atoms with van der Waals surface area (Å²) >= 11 is 0. The zero-order chi connectivity index (χ0) is 31.6. The van der Waals surface area contributed by atoms with Gasteiger partial charge in [0, 0.05) is 41.3 Å². The van der Waals surface area contributed by atoms with Crippen molar-refractivity contribution in [3.8, 4) is 12.1 Å². The number of nitrogens with zero attached hydrogens (tertiary/aromatic N) is 5. The Labute approximate surface area is 254 Å². The summed E-state index contributed by atoms with van der Waals surface area (Å²) in [7, 11) is 0. The molecule has 44 heavy (non-hydrogen) atoms. The van der Waals surface area contributed by atoms with E-state index >= 15 is 0 Å². The first-order valence-corrected chi connectivity index (χ1v) is 14.6. The largest absolute Gasteiger partial charge is 0.383 e. The molecule has 0 unspecified atom stereocenters. The molecule has 2 aliphatic carbocycles. The molecule has 6 rings (SSSR count). The maximum absolute atomic E-state index is 14.0. The number of aryl methyl sites for hydroxylation is 1. The Kier molecular flexibility index (Phi) is 6.89. The Morgan fingerprint density at radius 3 is 2.39 bits per heavy atom. The summed E-state index contributed by atoms with van der Waals surface area (Å²) in [6.07, 6.45) is 1.20. The van der Waals surface area contributed by atoms with E-state index in [0.29, 0.717) is 75.7 Å². The summed E-state index contributed by atoms with van der Waals surface area (Å²) in [6.45, 7) is 11.2. The molecular formula is C32H34F3N9. The number of aromatic nitrogens is 2. The lowest BCUT2D eigenvalue weighted by atomic mass is 10.0. The number of nitriles is 2. The number of hydrogen-bond donors (Lipinski definition) is 4. The number of alkyl halides is 2. The maximum atomic E-state index is 14.0. The van der Waals surface area contributed by atoms with Crippen LogP contribution >= 0.6 is 0 Å². The summed E-state index contributed by atoms with van der Waals surface area (Å²) in [6, 6.07) is 10.1. The van der Waals surface area contributed by atoms with Crippen molar-refractivity contribution in [1.29, 1.82) is 10.5 Å². The average molecular weight is 602 g/mol. The van der Waals surface area contributed by atoms with Crippen molar-refractivity contribution in [2.45, 2.75) is 65.5 Å². The highest BCUT2D eigenvalue weighted by Gasteiger charge is 2.64. The van der Waals surface area contributed by atoms with Crippen LogP contribution in [0.4, 0.5) is 24.5 Å². The van der Waals surface area contributed by atoms with Crippen LogP contribution in [-0.2, 0) is 0 Å². The number of pyridine rings is 2. The standard InChI is InChI=1S/C32H34F3N9/c1-17-21(6-7-25(33)40-17)28(23-16-44(43-42-23)32(8-9-32)29(34)35)41-20-10-18(12-36)26-22(11-20)27(19(13-37)14-38-26)39-15-24-30(2,3)31(24,4)5/h6-7,10-11,14,16,24,28-29,41-43H,8-9,15H2,1-5H3,(H,38,39)/t28-/m0/s1. The predicted molar refractivity (Wildman–Crippen MR) is 160 cm³/mol. The quantitative estimate of drug-likeness (QED) is 0.218. The molecule has 0 amide bonds. The second kappa shape index (κ2) is 10.3. The summed E-state index contributed by atoms with van der Waals surface area (Å²) in [4.78, 5) is 8.43. The molecular weight excluding hydrogens is 567 g/mol. The van der Waals surface area contributed by atoms with Crippen molar-refractivity contribution in [2.75, 3.05) is 17.2 Å². The van der Waals surface area contributed by atoms with Gasteiger partial charge in [-0.2, -0.15) is 14.9 Å². The zero-order valence-electron chi connectivity index (χ0n) is 25.2. The van der Waals surface area contributed by atoms with Crippen LogP contribution in [0.2, 0.25) is 0 Å². The highest BCUT2D eigenvalue weighted by atomic mass is 19.3. The third kappa shape index (κ3) is 4.65. The predicted octanol–water partition coefficient (Wildman–Crippen LogP) is 6.03. The minimum Gasteiger partial charge on any atom is -0.383 e. The van der Waals surface area contributed by atoms with Gasteiger partial charge in [0.2, 0.25) is 5.95 Å². The average Bonchev–Trinajstić information content (AvgIpc) is 3.76. The van der Waals surface area contributed by atoms with E-state index in [1.54, 1.807) is 25.3 Å². The van der Waals surface area contributed by atoms with Crippen LogP contribution in [0.25, 0.3) is 10.9 Å². The third-order valence-corrected chi connectivity index (χ3v) is 10.3. The fourth-order valence-electron chi connectivity index (χ4n) is 6.54. The molecule has 1 atom stereocenters. The Bertz CT molecular complexity index is 1750. The van der Waals surface area contributed by atoms with Crippen molar-refractivity contribution in [3.63, 3.8) is 0 Å². The Morgan fingerprint density at radius 1 is 1.09 bits per heavy atom. The molecule has 9 nitrogen and oxygen atoms in total. The third-order valence-electron chi connectivity index (χ3n) is 10.3. The van der Waals surface area contributed by atoms with Crippen LogP contribution < -0.4 is 21.6 Å². The van der Waals surface area contributed by atoms with Crippen LogP contribution in [0.3, 0.4) is 0 Å². The SMILES string of the molecule is Cc1nc(F)ccc1[C@H](Nc1cc(C#N)c2ncc(C#N)c(NCC3C(C)(C)C3(C)C)c2c1)C1=CN(C2(C(F)F)CC2)NN1. The second-order valence-corrected chi connectivity index (χ2v) is 13.0. The number of halogens is 3. The Morgan fingerprint density at radius 2 is 1.80 bits per heavy atom. The molecule has 0 saturated heterocycles. The summed E-state index contributed by atoms with van der Waals surface area (Å²) in [5.41, 5.74) is 8.53. The first-order chi connectivity index (χ1) is 20.8. The maximum Gasteiger partial charge on any atom is 0.262 e. The molecule has 2 fully saturated rings. The van der Waals surface area contributed by atoms with Gasteiger partial charge in [-0.05, 0) is 54.7 Å². The minimum absolute atomic E-state index is 0.127. The minimum atomic E-state index is -2.55. The van der Waals surface area contributed by atoms with E-state index in [9.17, 15) is 23.7 Å². The molecule has 1 aliphatic heterocycles. The van der Waals surface area contributed by atoms with E-state index in [1.165, 1.54) is 17.3 Å². The molecule has 3 aliphatic rings. The topological polar surface area (TPSA) is 125 Å². The lowest BCUT2D eigenvalue weighted by Gasteiger charge is -2.25. The van der Waals surface area contributed by atoms with Crippen molar-refractivity contribution < 1.29 is 13.2 Å². The van der Waals surface area contributed by atoms with Crippen LogP contribution in [0, 0.1) is 52.3 Å². The van der Waals surface area contributed by atoms with Gasteiger partial charge in [-0.1, -0.05) is 33.8 Å². The van der Waals surface area contributed by atoms with Gasteiger partial charge in [-0.25, -0.2) is 13.8 Å². The van der Waals surface area contributed by atoms with Crippen molar-refractivity contribution >= 4 is 22.3 Å². The first kappa shape index (κ1) is 29.5. The second-order valence-electron chi connectivity index (χ2n) is 13.0. The van der Waals surface area contributed by atoms with Gasteiger partial charge >= 0.3 is 0 Å². The van der Waals surface area contributed by atoms with Crippen molar-refractivity contribution in [1.82, 2.24) is 25.9 Å². The first-order valence-electron chi connectivity index (χ1n) is 14.6. The highest BCUT2D eigenvalue weighted by Crippen LogP contribution is 2.68. The van der Waals surface area contributed by atoms with Crippen LogP contribution in [-0.4, -0.2) is 33.5 Å². The van der Waals surface area contributed by atoms with Gasteiger partial charge in [-0.15, -0.1) is 5.53 Å². The Balaban J connectivity index is 1.41. The van der Waals surface area contributed by atoms with Crippen molar-refractivity contribution in [2.24, 2.45) is 16.7 Å². The van der Waals surface area contributed by atoms with Gasteiger partial charge in [-0.3, -0.25) is 9.99 Å². The molecule has 3 aromatic rings. The molecule has 4 N–H and O–H groups in total. The number of nitrogens with one attached hydrogen (secondary N) is 4. The molecule has 0 radical (unpaired) electrons. The van der Waals surface area contributed by atoms with Crippen LogP contribution in [0.5, 0.6) is 0 Å². The van der Waals surface area contributed by atoms with E-state index in [0.717, 1.165) is 0 Å². The fraction of sp³-hybridized carbons (Fsp3) is 0.438. The number of hydrogen-bond acceptors (Lipinski definition) is 9. The number of anilines is 2. The highest BCUT2D eigenvalue weighted by molar-refractivity contribution is 5.99. The molecule has 2 saturated carbocycles. The molecule has 228 valence electrons. The number of fused-ring (bicyclic) bond motifs is 1. The summed E-state index contributed by atoms with van der Waals surface area (Å²) in [5.74, 6) is -0.267. The summed E-state index contributed by atoms with van der Waals surface area (Å²) < 4.78 is 41.8.